The van der Waals surface area contributed by atoms with Crippen molar-refractivity contribution in [2.75, 3.05) is 13.2 Å². The molecule has 0 radical (unpaired) electrons. The van der Waals surface area contributed by atoms with Crippen molar-refractivity contribution in [2.24, 2.45) is 0 Å². The van der Waals surface area contributed by atoms with Gasteiger partial charge in [0.2, 0.25) is 0 Å². The Morgan fingerprint density at radius 1 is 1.12 bits per heavy atom. The van der Waals surface area contributed by atoms with E-state index in [1.807, 2.05) is 30.3 Å². The maximum Gasteiger partial charge on any atom is 0.428 e. The second-order valence-corrected chi connectivity index (χ2v) is 4.89. The SMILES string of the molecule is CCOP(=O)(NOCc1ccccc1)OCC. The highest BCUT2D eigenvalue weighted by Crippen LogP contribution is 2.43. The van der Waals surface area contributed by atoms with Crippen LogP contribution in [0.25, 0.3) is 0 Å². The molecule has 1 rings (SSSR count). The normalized spacial score (nSPS) is 11.6. The molecule has 0 amide bonds. The van der Waals surface area contributed by atoms with E-state index < -0.39 is 7.75 Å². The highest BCUT2D eigenvalue weighted by atomic mass is 31.2. The van der Waals surface area contributed by atoms with Gasteiger partial charge in [-0.1, -0.05) is 30.3 Å². The first-order valence-corrected chi connectivity index (χ1v) is 7.06. The van der Waals surface area contributed by atoms with Gasteiger partial charge in [-0.2, -0.15) is 0 Å². The Morgan fingerprint density at radius 3 is 2.24 bits per heavy atom. The van der Waals surface area contributed by atoms with Gasteiger partial charge in [-0.3, -0.25) is 13.9 Å². The standard InChI is InChI=1S/C11H18NO4P/c1-3-15-17(13,16-4-2)12-14-10-11-8-6-5-7-9-11/h5-9H,3-4,10H2,1-2H3,(H,12,13). The molecule has 6 heteroatoms. The Labute approximate surface area is 102 Å². The molecule has 17 heavy (non-hydrogen) atoms. The largest absolute Gasteiger partial charge is 0.428 e. The predicted molar refractivity (Wildman–Crippen MR) is 65.2 cm³/mol. The van der Waals surface area contributed by atoms with Gasteiger partial charge >= 0.3 is 7.75 Å². The zero-order chi connectivity index (χ0) is 12.6. The highest BCUT2D eigenvalue weighted by molar-refractivity contribution is 7.51. The van der Waals surface area contributed by atoms with E-state index in [0.29, 0.717) is 19.8 Å². The van der Waals surface area contributed by atoms with Gasteiger partial charge in [-0.25, -0.2) is 4.57 Å². The van der Waals surface area contributed by atoms with Crippen molar-refractivity contribution < 1.29 is 18.5 Å². The van der Waals surface area contributed by atoms with E-state index in [0.717, 1.165) is 5.56 Å². The second kappa shape index (κ2) is 7.58. The molecular weight excluding hydrogens is 241 g/mol. The number of hydrogen-bond donors (Lipinski definition) is 1. The molecule has 0 atom stereocenters. The Bertz CT molecular complexity index is 348. The number of nitrogens with one attached hydrogen (secondary N) is 1. The van der Waals surface area contributed by atoms with Crippen LogP contribution in [0.15, 0.2) is 30.3 Å². The van der Waals surface area contributed by atoms with Crippen LogP contribution in [0.2, 0.25) is 0 Å². The fourth-order valence-electron chi connectivity index (χ4n) is 1.20. The van der Waals surface area contributed by atoms with Gasteiger partial charge in [-0.15, -0.1) is 5.25 Å². The first-order chi connectivity index (χ1) is 8.20. The Balaban J connectivity index is 2.40. The van der Waals surface area contributed by atoms with E-state index in [-0.39, 0.29) is 0 Å². The third-order valence-corrected chi connectivity index (χ3v) is 3.41. The molecule has 0 aromatic heterocycles. The molecule has 0 spiro atoms. The summed E-state index contributed by atoms with van der Waals surface area (Å²) in [6.07, 6.45) is 0. The van der Waals surface area contributed by atoms with Gasteiger partial charge < -0.3 is 0 Å². The molecular formula is C11H18NO4P. The molecule has 1 aromatic carbocycles. The zero-order valence-electron chi connectivity index (χ0n) is 10.1. The highest BCUT2D eigenvalue weighted by Gasteiger charge is 2.23. The van der Waals surface area contributed by atoms with Crippen LogP contribution >= 0.6 is 7.75 Å². The van der Waals surface area contributed by atoms with E-state index >= 15 is 0 Å². The molecule has 1 aromatic rings. The van der Waals surface area contributed by atoms with Crippen molar-refractivity contribution in [2.45, 2.75) is 20.5 Å². The molecule has 0 bridgehead atoms. The minimum atomic E-state index is -3.33. The Kier molecular flexibility index (Phi) is 6.40. The zero-order valence-corrected chi connectivity index (χ0v) is 11.0. The minimum Gasteiger partial charge on any atom is -0.296 e. The molecule has 0 aliphatic rings. The number of hydrogen-bond acceptors (Lipinski definition) is 4. The summed E-state index contributed by atoms with van der Waals surface area (Å²) in [5, 5.41) is 2.36. The van der Waals surface area contributed by atoms with E-state index in [4.69, 9.17) is 13.9 Å². The maximum atomic E-state index is 11.9. The van der Waals surface area contributed by atoms with Crippen LogP contribution in [0.3, 0.4) is 0 Å². The van der Waals surface area contributed by atoms with Crippen LogP contribution in [0, 0.1) is 0 Å². The molecule has 0 saturated heterocycles. The average molecular weight is 259 g/mol. The first kappa shape index (κ1) is 14.4. The molecule has 0 saturated carbocycles. The van der Waals surface area contributed by atoms with Crippen molar-refractivity contribution in [3.8, 4) is 0 Å². The lowest BCUT2D eigenvalue weighted by Crippen LogP contribution is -2.15. The van der Waals surface area contributed by atoms with E-state index in [1.54, 1.807) is 13.8 Å². The van der Waals surface area contributed by atoms with Gasteiger partial charge in [0.1, 0.15) is 0 Å². The van der Waals surface area contributed by atoms with Gasteiger partial charge in [0.25, 0.3) is 0 Å². The fourth-order valence-corrected chi connectivity index (χ4v) is 2.28. The monoisotopic (exact) mass is 259 g/mol. The summed E-state index contributed by atoms with van der Waals surface area (Å²) in [6, 6.07) is 9.55. The lowest BCUT2D eigenvalue weighted by molar-refractivity contribution is 0.0466. The Hall–Kier alpha value is -0.710. The third-order valence-electron chi connectivity index (χ3n) is 1.86. The summed E-state index contributed by atoms with van der Waals surface area (Å²) < 4.78 is 21.9. The van der Waals surface area contributed by atoms with Gasteiger partial charge in [0.05, 0.1) is 19.8 Å². The van der Waals surface area contributed by atoms with Crippen molar-refractivity contribution in [3.05, 3.63) is 35.9 Å². The van der Waals surface area contributed by atoms with Crippen molar-refractivity contribution in [3.63, 3.8) is 0 Å². The lowest BCUT2D eigenvalue weighted by Gasteiger charge is -2.17. The lowest BCUT2D eigenvalue weighted by atomic mass is 10.2. The molecule has 96 valence electrons. The van der Waals surface area contributed by atoms with Crippen LogP contribution < -0.4 is 5.25 Å². The minimum absolute atomic E-state index is 0.291. The summed E-state index contributed by atoms with van der Waals surface area (Å²) in [4.78, 5) is 5.13. The average Bonchev–Trinajstić information content (AvgIpc) is 2.31. The van der Waals surface area contributed by atoms with Gasteiger partial charge in [-0.05, 0) is 19.4 Å². The van der Waals surface area contributed by atoms with Crippen molar-refractivity contribution in [1.82, 2.24) is 5.25 Å². The van der Waals surface area contributed by atoms with E-state index in [9.17, 15) is 4.57 Å². The smallest absolute Gasteiger partial charge is 0.296 e. The molecule has 5 nitrogen and oxygen atoms in total. The molecule has 1 N–H and O–H groups in total. The van der Waals surface area contributed by atoms with Gasteiger partial charge in [0.15, 0.2) is 0 Å². The Morgan fingerprint density at radius 2 is 1.71 bits per heavy atom. The van der Waals surface area contributed by atoms with Crippen molar-refractivity contribution in [1.29, 1.82) is 0 Å². The summed E-state index contributed by atoms with van der Waals surface area (Å²) in [7, 11) is -3.33. The summed E-state index contributed by atoms with van der Waals surface area (Å²) in [5.74, 6) is 0. The topological polar surface area (TPSA) is 56.8 Å². The summed E-state index contributed by atoms with van der Waals surface area (Å²) >= 11 is 0. The first-order valence-electron chi connectivity index (χ1n) is 5.52. The van der Waals surface area contributed by atoms with Crippen LogP contribution in [-0.4, -0.2) is 13.2 Å². The third kappa shape index (κ3) is 5.44. The quantitative estimate of drug-likeness (QED) is 0.574. The molecule has 0 unspecified atom stereocenters. The van der Waals surface area contributed by atoms with Crippen molar-refractivity contribution >= 4 is 7.75 Å². The second-order valence-electron chi connectivity index (χ2n) is 3.20. The van der Waals surface area contributed by atoms with Crippen LogP contribution in [0.5, 0.6) is 0 Å². The maximum absolute atomic E-state index is 11.9. The number of benzene rings is 1. The molecule has 0 fully saturated rings. The van der Waals surface area contributed by atoms with Crippen LogP contribution in [0.1, 0.15) is 19.4 Å². The van der Waals surface area contributed by atoms with E-state index in [2.05, 4.69) is 5.25 Å². The molecule has 0 aliphatic heterocycles. The summed E-state index contributed by atoms with van der Waals surface area (Å²) in [5.41, 5.74) is 0.972. The fraction of sp³-hybridized carbons (Fsp3) is 0.455. The molecule has 0 aliphatic carbocycles. The van der Waals surface area contributed by atoms with E-state index in [1.165, 1.54) is 0 Å². The number of rotatable bonds is 8. The molecule has 0 heterocycles. The van der Waals surface area contributed by atoms with Crippen LogP contribution in [-0.2, 0) is 25.1 Å². The summed E-state index contributed by atoms with van der Waals surface area (Å²) in [6.45, 7) is 4.36. The van der Waals surface area contributed by atoms with Crippen LogP contribution in [0.4, 0.5) is 0 Å². The predicted octanol–water partition coefficient (Wildman–Crippen LogP) is 2.89. The van der Waals surface area contributed by atoms with Gasteiger partial charge in [0, 0.05) is 0 Å².